The van der Waals surface area contributed by atoms with Crippen molar-refractivity contribution in [3.05, 3.63) is 59.2 Å². The van der Waals surface area contributed by atoms with E-state index >= 15 is 0 Å². The number of carbonyl (C=O) groups is 1. The summed E-state index contributed by atoms with van der Waals surface area (Å²) in [6.07, 6.45) is 1.67. The Morgan fingerprint density at radius 1 is 1.20 bits per heavy atom. The van der Waals surface area contributed by atoms with Gasteiger partial charge in [-0.25, -0.2) is 13.1 Å². The second kappa shape index (κ2) is 5.97. The molecule has 1 N–H and O–H groups in total. The standard InChI is InChI=1S/C19H20N2O3S/c1-13-17-11-16(10-15-8-5-9-21(18(15)17)19(13)22)25(23,24)20-12-14-6-3-2-4-7-14/h2-4,6-7,10-11,13,20H,5,8-9,12H2,1H3. The van der Waals surface area contributed by atoms with Gasteiger partial charge in [-0.2, -0.15) is 0 Å². The van der Waals surface area contributed by atoms with Crippen LogP contribution in [0.25, 0.3) is 0 Å². The molecule has 4 rings (SSSR count). The number of hydrogen-bond acceptors (Lipinski definition) is 3. The van der Waals surface area contributed by atoms with Gasteiger partial charge in [-0.15, -0.1) is 0 Å². The van der Waals surface area contributed by atoms with Gasteiger partial charge in [0.15, 0.2) is 0 Å². The van der Waals surface area contributed by atoms with Gasteiger partial charge in [0.05, 0.1) is 16.5 Å². The highest BCUT2D eigenvalue weighted by Crippen LogP contribution is 2.43. The van der Waals surface area contributed by atoms with Gasteiger partial charge >= 0.3 is 0 Å². The van der Waals surface area contributed by atoms with E-state index in [0.29, 0.717) is 0 Å². The molecule has 1 unspecified atom stereocenters. The highest BCUT2D eigenvalue weighted by molar-refractivity contribution is 7.89. The molecule has 0 aromatic heterocycles. The summed E-state index contributed by atoms with van der Waals surface area (Å²) in [5.41, 5.74) is 3.64. The fourth-order valence-corrected chi connectivity index (χ4v) is 4.78. The third-order valence-electron chi connectivity index (χ3n) is 5.01. The Labute approximate surface area is 147 Å². The molecule has 1 amide bonds. The number of hydrogen-bond donors (Lipinski definition) is 1. The summed E-state index contributed by atoms with van der Waals surface area (Å²) in [4.78, 5) is 14.5. The van der Waals surface area contributed by atoms with Crippen molar-refractivity contribution in [2.75, 3.05) is 11.4 Å². The Balaban J connectivity index is 1.68. The molecular weight excluding hydrogens is 336 g/mol. The summed E-state index contributed by atoms with van der Waals surface area (Å²) in [5, 5.41) is 0. The van der Waals surface area contributed by atoms with E-state index in [1.54, 1.807) is 12.1 Å². The quantitative estimate of drug-likeness (QED) is 0.916. The monoisotopic (exact) mass is 356 g/mol. The molecule has 130 valence electrons. The summed E-state index contributed by atoms with van der Waals surface area (Å²) in [7, 11) is -3.63. The Hall–Kier alpha value is -2.18. The zero-order valence-corrected chi connectivity index (χ0v) is 14.8. The van der Waals surface area contributed by atoms with Gasteiger partial charge in [-0.1, -0.05) is 30.3 Å². The zero-order valence-electron chi connectivity index (χ0n) is 14.0. The molecule has 2 heterocycles. The molecule has 0 fully saturated rings. The van der Waals surface area contributed by atoms with Crippen molar-refractivity contribution in [2.45, 2.75) is 37.1 Å². The number of sulfonamides is 1. The smallest absolute Gasteiger partial charge is 0.240 e. The minimum atomic E-state index is -3.63. The summed E-state index contributed by atoms with van der Waals surface area (Å²) in [6.45, 7) is 2.82. The molecule has 2 aliphatic heterocycles. The molecule has 0 saturated heterocycles. The van der Waals surface area contributed by atoms with Crippen molar-refractivity contribution in [1.29, 1.82) is 0 Å². The molecule has 2 aromatic rings. The van der Waals surface area contributed by atoms with Gasteiger partial charge in [0.2, 0.25) is 15.9 Å². The zero-order chi connectivity index (χ0) is 17.6. The van der Waals surface area contributed by atoms with E-state index in [-0.39, 0.29) is 23.3 Å². The lowest BCUT2D eigenvalue weighted by atomic mass is 9.97. The van der Waals surface area contributed by atoms with Crippen LogP contribution < -0.4 is 9.62 Å². The molecular formula is C19H20N2O3S. The van der Waals surface area contributed by atoms with Crippen LogP contribution in [0.5, 0.6) is 0 Å². The lowest BCUT2D eigenvalue weighted by Gasteiger charge is -2.26. The first-order chi connectivity index (χ1) is 12.0. The van der Waals surface area contributed by atoms with Gasteiger partial charge in [0, 0.05) is 13.1 Å². The number of aryl methyl sites for hydroxylation is 1. The van der Waals surface area contributed by atoms with Crippen molar-refractivity contribution < 1.29 is 13.2 Å². The van der Waals surface area contributed by atoms with Crippen molar-refractivity contribution in [3.63, 3.8) is 0 Å². The second-order valence-corrected chi connectivity index (χ2v) is 8.41. The Morgan fingerprint density at radius 2 is 1.96 bits per heavy atom. The van der Waals surface area contributed by atoms with E-state index in [1.165, 1.54) is 0 Å². The van der Waals surface area contributed by atoms with E-state index in [2.05, 4.69) is 4.72 Å². The predicted octanol–water partition coefficient (Wildman–Crippen LogP) is 2.56. The molecule has 25 heavy (non-hydrogen) atoms. The van der Waals surface area contributed by atoms with Crippen LogP contribution in [-0.2, 0) is 27.8 Å². The Morgan fingerprint density at radius 3 is 2.72 bits per heavy atom. The number of benzene rings is 2. The Bertz CT molecular complexity index is 939. The summed E-state index contributed by atoms with van der Waals surface area (Å²) in [6, 6.07) is 12.8. The Kier molecular flexibility index (Phi) is 3.89. The first-order valence-electron chi connectivity index (χ1n) is 8.49. The minimum absolute atomic E-state index is 0.0720. The fraction of sp³-hybridized carbons (Fsp3) is 0.316. The number of rotatable bonds is 4. The fourth-order valence-electron chi connectivity index (χ4n) is 3.68. The molecule has 0 spiro atoms. The molecule has 0 radical (unpaired) electrons. The molecule has 6 heteroatoms. The molecule has 5 nitrogen and oxygen atoms in total. The van der Waals surface area contributed by atoms with Crippen LogP contribution >= 0.6 is 0 Å². The number of carbonyl (C=O) groups excluding carboxylic acids is 1. The lowest BCUT2D eigenvalue weighted by Crippen LogP contribution is -2.32. The summed E-state index contributed by atoms with van der Waals surface area (Å²) >= 11 is 0. The first-order valence-corrected chi connectivity index (χ1v) is 9.97. The van der Waals surface area contributed by atoms with E-state index in [0.717, 1.165) is 41.8 Å². The molecule has 2 aromatic carbocycles. The number of nitrogens with one attached hydrogen (secondary N) is 1. The van der Waals surface area contributed by atoms with E-state index in [4.69, 9.17) is 0 Å². The SMILES string of the molecule is CC1C(=O)N2CCCc3cc(S(=O)(=O)NCc4ccccc4)cc1c32. The number of amides is 1. The topological polar surface area (TPSA) is 66.5 Å². The highest BCUT2D eigenvalue weighted by Gasteiger charge is 2.38. The predicted molar refractivity (Wildman–Crippen MR) is 96.0 cm³/mol. The van der Waals surface area contributed by atoms with Crippen LogP contribution in [0.1, 0.15) is 36.0 Å². The number of nitrogens with zero attached hydrogens (tertiary/aromatic N) is 1. The molecule has 0 aliphatic carbocycles. The normalized spacial score (nSPS) is 19.2. The van der Waals surface area contributed by atoms with Crippen molar-refractivity contribution in [3.8, 4) is 0 Å². The first kappa shape index (κ1) is 16.3. The largest absolute Gasteiger partial charge is 0.311 e. The third kappa shape index (κ3) is 2.75. The van der Waals surface area contributed by atoms with Crippen molar-refractivity contribution in [2.24, 2.45) is 0 Å². The average molecular weight is 356 g/mol. The van der Waals surface area contributed by atoms with E-state index in [9.17, 15) is 13.2 Å². The molecule has 1 atom stereocenters. The van der Waals surface area contributed by atoms with Crippen LogP contribution in [-0.4, -0.2) is 20.9 Å². The summed E-state index contributed by atoms with van der Waals surface area (Å²) in [5.74, 6) is -0.209. The van der Waals surface area contributed by atoms with Crippen LogP contribution in [0.3, 0.4) is 0 Å². The van der Waals surface area contributed by atoms with Crippen LogP contribution in [0.2, 0.25) is 0 Å². The maximum atomic E-state index is 12.8. The van der Waals surface area contributed by atoms with Gasteiger partial charge in [0.1, 0.15) is 0 Å². The van der Waals surface area contributed by atoms with E-state index in [1.807, 2.05) is 42.2 Å². The second-order valence-electron chi connectivity index (χ2n) is 6.65. The van der Waals surface area contributed by atoms with Crippen LogP contribution in [0.15, 0.2) is 47.4 Å². The van der Waals surface area contributed by atoms with E-state index < -0.39 is 10.0 Å². The maximum Gasteiger partial charge on any atom is 0.240 e. The average Bonchev–Trinajstić information content (AvgIpc) is 2.88. The van der Waals surface area contributed by atoms with Crippen LogP contribution in [0.4, 0.5) is 5.69 Å². The number of anilines is 1. The highest BCUT2D eigenvalue weighted by atomic mass is 32.2. The maximum absolute atomic E-state index is 12.8. The van der Waals surface area contributed by atoms with Crippen molar-refractivity contribution >= 4 is 21.6 Å². The molecule has 0 saturated carbocycles. The van der Waals surface area contributed by atoms with Gasteiger partial charge in [0.25, 0.3) is 0 Å². The molecule has 2 aliphatic rings. The van der Waals surface area contributed by atoms with Crippen LogP contribution in [0, 0.1) is 0 Å². The van der Waals surface area contributed by atoms with Gasteiger partial charge < -0.3 is 4.90 Å². The van der Waals surface area contributed by atoms with Gasteiger partial charge in [-0.3, -0.25) is 4.79 Å². The molecule has 0 bridgehead atoms. The lowest BCUT2D eigenvalue weighted by molar-refractivity contribution is -0.119. The third-order valence-corrected chi connectivity index (χ3v) is 6.39. The van der Waals surface area contributed by atoms with Gasteiger partial charge in [-0.05, 0) is 48.6 Å². The summed E-state index contributed by atoms with van der Waals surface area (Å²) < 4.78 is 28.2. The van der Waals surface area contributed by atoms with Crippen molar-refractivity contribution in [1.82, 2.24) is 4.72 Å². The minimum Gasteiger partial charge on any atom is -0.311 e.